The van der Waals surface area contributed by atoms with Gasteiger partial charge in [-0.3, -0.25) is 0 Å². The van der Waals surface area contributed by atoms with Crippen LogP contribution in [0.25, 0.3) is 0 Å². The zero-order chi connectivity index (χ0) is 15.6. The Bertz CT molecular complexity index is 445. The molecule has 3 nitrogen and oxygen atoms in total. The fraction of sp³-hybridized carbons (Fsp3) is 0.462. The van der Waals surface area contributed by atoms with E-state index in [4.69, 9.17) is 12.2 Å². The van der Waals surface area contributed by atoms with Crippen LogP contribution in [0, 0.1) is 0 Å². The minimum atomic E-state index is -2.00. The van der Waals surface area contributed by atoms with Crippen LogP contribution >= 0.6 is 12.2 Å². The van der Waals surface area contributed by atoms with Gasteiger partial charge in [-0.05, 0) is 20.0 Å². The highest BCUT2D eigenvalue weighted by molar-refractivity contribution is 7.80. The Morgan fingerprint density at radius 2 is 1.75 bits per heavy atom. The number of nitrogens with one attached hydrogen (secondary N) is 2. The average molecular weight is 342 g/mol. The van der Waals surface area contributed by atoms with Gasteiger partial charge in [0.25, 0.3) is 0 Å². The Hall–Kier alpha value is -0.319. The molecular weight excluding hydrogens is 314 g/mol. The van der Waals surface area contributed by atoms with Crippen LogP contribution in [-0.2, 0) is 0 Å². The van der Waals surface area contributed by atoms with Gasteiger partial charge in [0.1, 0.15) is 8.24 Å². The summed E-state index contributed by atoms with van der Waals surface area (Å²) in [5.41, 5.74) is 6.26. The van der Waals surface area contributed by atoms with E-state index in [2.05, 4.69) is 77.3 Å². The van der Waals surface area contributed by atoms with Crippen LogP contribution in [0.15, 0.2) is 36.8 Å². The second-order valence-electron chi connectivity index (χ2n) is 5.94. The fourth-order valence-corrected chi connectivity index (χ4v) is 19.3. The summed E-state index contributed by atoms with van der Waals surface area (Å²) < 4.78 is 10.1. The predicted molar refractivity (Wildman–Crippen MR) is 102 cm³/mol. The van der Waals surface area contributed by atoms with Crippen molar-refractivity contribution < 1.29 is 0 Å². The van der Waals surface area contributed by atoms with E-state index in [1.54, 1.807) is 0 Å². The topological polar surface area (TPSA) is 27.3 Å². The minimum absolute atomic E-state index is 0.920. The normalized spacial score (nSPS) is 38.8. The first-order chi connectivity index (χ1) is 9.17. The molecular formula is C13H27N3SSi3. The lowest BCUT2D eigenvalue weighted by Crippen LogP contribution is -2.80. The molecule has 112 valence electrons. The van der Waals surface area contributed by atoms with Gasteiger partial charge in [0.15, 0.2) is 0 Å². The van der Waals surface area contributed by atoms with Crippen LogP contribution in [0.3, 0.4) is 0 Å². The maximum absolute atomic E-state index is 5.72. The highest BCUT2D eigenvalue weighted by Crippen LogP contribution is 2.22. The van der Waals surface area contributed by atoms with Crippen molar-refractivity contribution in [1.29, 1.82) is 0 Å². The van der Waals surface area contributed by atoms with Gasteiger partial charge in [0.05, 0.1) is 4.99 Å². The molecule has 0 aromatic heterocycles. The largest absolute Gasteiger partial charge is 0.378 e. The number of thiocarbonyl (C=S) groups is 1. The Balaban J connectivity index is 3.34. The highest BCUT2D eigenvalue weighted by atomic mass is 32.1. The number of hydrogen-bond acceptors (Lipinski definition) is 3. The molecule has 0 amide bonds. The molecule has 0 aromatic rings. The van der Waals surface area contributed by atoms with Gasteiger partial charge < -0.3 is 13.9 Å². The third kappa shape index (κ3) is 3.46. The van der Waals surface area contributed by atoms with Crippen molar-refractivity contribution in [3.63, 3.8) is 0 Å². The lowest BCUT2D eigenvalue weighted by atomic mass is 10.6. The van der Waals surface area contributed by atoms with E-state index in [1.165, 1.54) is 0 Å². The zero-order valence-electron chi connectivity index (χ0n) is 13.1. The van der Waals surface area contributed by atoms with Gasteiger partial charge in [-0.2, -0.15) is 0 Å². The number of nitrogens with zero attached hydrogens (tertiary/aromatic N) is 1. The first-order valence-corrected chi connectivity index (χ1v) is 15.3. The monoisotopic (exact) mass is 341 g/mol. The highest BCUT2D eigenvalue weighted by Gasteiger charge is 2.46. The van der Waals surface area contributed by atoms with Crippen LogP contribution in [0.2, 0.25) is 25.7 Å². The lowest BCUT2D eigenvalue weighted by molar-refractivity contribution is 0.643. The number of rotatable bonds is 4. The van der Waals surface area contributed by atoms with Crippen molar-refractivity contribution in [1.82, 2.24) is 13.9 Å². The summed E-state index contributed by atoms with van der Waals surface area (Å²) in [6.45, 7) is 22.1. The van der Waals surface area contributed by atoms with Crippen molar-refractivity contribution in [2.75, 3.05) is 6.54 Å². The Kier molecular flexibility index (Phi) is 5.50. The molecule has 1 rings (SSSR count). The van der Waals surface area contributed by atoms with Gasteiger partial charge in [0, 0.05) is 12.6 Å². The summed E-state index contributed by atoms with van der Waals surface area (Å²) in [6.07, 6.45) is 0. The van der Waals surface area contributed by atoms with E-state index in [1.807, 2.05) is 0 Å². The summed E-state index contributed by atoms with van der Waals surface area (Å²) in [7, 11) is -5.74. The third-order valence-electron chi connectivity index (χ3n) is 4.01. The van der Waals surface area contributed by atoms with Crippen LogP contribution in [0.5, 0.6) is 0 Å². The van der Waals surface area contributed by atoms with Crippen molar-refractivity contribution in [2.24, 2.45) is 0 Å². The Morgan fingerprint density at radius 3 is 2.15 bits per heavy atom. The van der Waals surface area contributed by atoms with Crippen LogP contribution in [0.1, 0.15) is 6.92 Å². The van der Waals surface area contributed by atoms with E-state index in [9.17, 15) is 0 Å². The molecule has 20 heavy (non-hydrogen) atoms. The van der Waals surface area contributed by atoms with Crippen LogP contribution in [-0.4, -0.2) is 41.1 Å². The Labute approximate surface area is 132 Å². The third-order valence-corrected chi connectivity index (χ3v) is 18.5. The summed E-state index contributed by atoms with van der Waals surface area (Å²) in [6, 6.07) is 0.925. The molecule has 3 atom stereocenters. The summed E-state index contributed by atoms with van der Waals surface area (Å²) in [4.78, 5) is 1.04. The maximum atomic E-state index is 5.72. The first-order valence-electron chi connectivity index (χ1n) is 6.97. The van der Waals surface area contributed by atoms with Crippen molar-refractivity contribution in [3.05, 3.63) is 36.8 Å². The molecule has 0 bridgehead atoms. The molecule has 0 radical (unpaired) electrons. The van der Waals surface area contributed by atoms with Gasteiger partial charge in [0.2, 0.25) is 16.8 Å². The fourth-order valence-electron chi connectivity index (χ4n) is 2.82. The molecule has 1 aliphatic heterocycles. The van der Waals surface area contributed by atoms with E-state index in [0.29, 0.717) is 0 Å². The lowest BCUT2D eigenvalue weighted by Gasteiger charge is -2.49. The molecule has 7 heteroatoms. The average Bonchev–Trinajstić information content (AvgIpc) is 2.37. The van der Waals surface area contributed by atoms with Crippen LogP contribution in [0.4, 0.5) is 0 Å². The second-order valence-corrected chi connectivity index (χ2v) is 18.1. The molecule has 2 N–H and O–H groups in total. The van der Waals surface area contributed by atoms with E-state index < -0.39 is 25.0 Å². The molecule has 1 saturated heterocycles. The van der Waals surface area contributed by atoms with Gasteiger partial charge in [-0.1, -0.05) is 35.9 Å². The zero-order valence-corrected chi connectivity index (χ0v) is 16.9. The van der Waals surface area contributed by atoms with Gasteiger partial charge >= 0.3 is 0 Å². The molecule has 1 heterocycles. The van der Waals surface area contributed by atoms with E-state index >= 15 is 0 Å². The second kappa shape index (κ2) is 6.20. The quantitative estimate of drug-likeness (QED) is 0.607. The molecule has 0 aliphatic carbocycles. The summed E-state index contributed by atoms with van der Waals surface area (Å²) >= 11 is 5.72. The minimum Gasteiger partial charge on any atom is -0.378 e. The Morgan fingerprint density at radius 1 is 1.15 bits per heavy atom. The maximum Gasteiger partial charge on any atom is 0.249 e. The van der Waals surface area contributed by atoms with E-state index in [0.717, 1.165) is 17.6 Å². The SMILES string of the molecule is C=C[Si]1(C)CC(=S)N(CC)[Si](C)(C=C)N[Si](C)(C=C)N1. The molecule has 0 spiro atoms. The molecule has 1 aliphatic rings. The van der Waals surface area contributed by atoms with Crippen molar-refractivity contribution >= 4 is 42.2 Å². The smallest absolute Gasteiger partial charge is 0.249 e. The standard InChI is InChI=1S/C13H27N3SSi3/c1-8-16-13(17)12-18(5,9-2)14-19(6,10-3)15-20(16,7)11-4/h9-11,14-15H,2-4,8,12H2,1,5-7H3. The van der Waals surface area contributed by atoms with Crippen molar-refractivity contribution in [2.45, 2.75) is 32.6 Å². The molecule has 0 aromatic carbocycles. The number of hydrogen-bond donors (Lipinski definition) is 2. The van der Waals surface area contributed by atoms with Gasteiger partial charge in [-0.25, -0.2) is 0 Å². The van der Waals surface area contributed by atoms with Crippen LogP contribution < -0.4 is 9.30 Å². The van der Waals surface area contributed by atoms with E-state index in [-0.39, 0.29) is 0 Å². The van der Waals surface area contributed by atoms with Crippen molar-refractivity contribution in [3.8, 4) is 0 Å². The first kappa shape index (κ1) is 17.7. The van der Waals surface area contributed by atoms with Gasteiger partial charge in [-0.15, -0.1) is 19.7 Å². The summed E-state index contributed by atoms with van der Waals surface area (Å²) in [5.74, 6) is 0. The summed E-state index contributed by atoms with van der Waals surface area (Å²) in [5, 5.41) is 0. The molecule has 0 saturated carbocycles. The molecule has 1 fully saturated rings. The molecule has 3 unspecified atom stereocenters. The predicted octanol–water partition coefficient (Wildman–Crippen LogP) is 2.72.